The van der Waals surface area contributed by atoms with Crippen molar-refractivity contribution in [2.24, 2.45) is 0 Å². The molecule has 0 radical (unpaired) electrons. The molecule has 23 heterocycles. The molecule has 6 unspecified atom stereocenters. The fourth-order valence-electron chi connectivity index (χ4n) is 17.5. The monoisotopic (exact) mass is 2140 g/mol. The molecule has 59 nitrogen and oxygen atoms in total. The van der Waals surface area contributed by atoms with E-state index < -0.39 is 241 Å². The van der Waals surface area contributed by atoms with Crippen LogP contribution in [0.5, 0.6) is 0 Å². The van der Waals surface area contributed by atoms with Crippen LogP contribution in [0.25, 0.3) is 67.0 Å². The molecular weight excluding hydrogens is 2070 g/mol. The van der Waals surface area contributed by atoms with Crippen LogP contribution < -0.4 is 51.1 Å². The van der Waals surface area contributed by atoms with Crippen molar-refractivity contribution in [3.8, 4) is 0 Å². The third-order valence-electron chi connectivity index (χ3n) is 23.7. The number of hydrogen-bond donors (Lipinski definition) is 18. The summed E-state index contributed by atoms with van der Waals surface area (Å²) in [5, 5.41) is 28.1. The second kappa shape index (κ2) is 35.4. The maximum atomic E-state index is 16.0. The Morgan fingerprint density at radius 2 is 0.715 bits per heavy atom. The highest BCUT2D eigenvalue weighted by atomic mass is 32.5. The number of halogens is 1. The van der Waals surface area contributed by atoms with E-state index in [0.717, 1.165) is 35.3 Å². The number of phosphoric acid groups is 3. The Bertz CT molecular complexity index is 7060. The van der Waals surface area contributed by atoms with Gasteiger partial charge in [0, 0.05) is 18.6 Å². The first-order valence-electron chi connectivity index (χ1n) is 40.2. The summed E-state index contributed by atoms with van der Waals surface area (Å²) in [6, 6.07) is 4.69. The number of aliphatic hydroxyl groups excluding tert-OH is 3. The average Bonchev–Trinajstić information content (AvgIpc) is 1.56. The van der Waals surface area contributed by atoms with Crippen LogP contribution >= 0.6 is 78.9 Å². The van der Waals surface area contributed by atoms with Gasteiger partial charge in [0.05, 0.1) is 142 Å². The predicted molar refractivity (Wildman–Crippen MR) is 481 cm³/mol. The van der Waals surface area contributed by atoms with Crippen molar-refractivity contribution < 1.29 is 141 Å². The zero-order valence-electron chi connectivity index (χ0n) is 68.7. The van der Waals surface area contributed by atoms with Gasteiger partial charge in [0.15, 0.2) is 75.3 Å². The number of anilines is 6. The van der Waals surface area contributed by atoms with Crippen LogP contribution in [0.3, 0.4) is 0 Å². The number of hydrogen-bond acceptors (Lipinski definition) is 50. The Labute approximate surface area is 788 Å². The number of aliphatic hydroxyl groups is 3. The van der Waals surface area contributed by atoms with Crippen LogP contribution in [0, 0.1) is 0 Å². The van der Waals surface area contributed by atoms with Gasteiger partial charge in [-0.2, -0.15) is 15.0 Å². The summed E-state index contributed by atoms with van der Waals surface area (Å²) >= 11 is 19.0. The molecular formula is C65H74FN27O32P6S6. The van der Waals surface area contributed by atoms with E-state index in [1.165, 1.54) is 80.9 Å². The summed E-state index contributed by atoms with van der Waals surface area (Å²) in [6.45, 7) is -16.3. The summed E-state index contributed by atoms with van der Waals surface area (Å²) < 4.78 is 162. The molecule has 11 saturated heterocycles. The van der Waals surface area contributed by atoms with E-state index >= 15 is 4.39 Å². The highest BCUT2D eigenvalue weighted by molar-refractivity contribution is 8.08. The molecule has 23 rings (SSSR count). The predicted octanol–water partition coefficient (Wildman–Crippen LogP) is -0.917. The highest BCUT2D eigenvalue weighted by Gasteiger charge is 2.69. The number of aromatic nitrogens is 21. The molecule has 10 bridgehead atoms. The fourth-order valence-corrected chi connectivity index (χ4v) is 29.7. The van der Waals surface area contributed by atoms with Crippen molar-refractivity contribution in [1.29, 1.82) is 0 Å². The zero-order valence-corrected chi connectivity index (χ0v) is 79.0. The Hall–Kier alpha value is -7.71. The molecule has 137 heavy (non-hydrogen) atoms. The van der Waals surface area contributed by atoms with Gasteiger partial charge < -0.3 is 116 Å². The molecule has 30 atom stereocenters. The third kappa shape index (κ3) is 17.5. The number of nitrogens with two attached hydrogens (primary N) is 6. The molecule has 0 aliphatic carbocycles. The third-order valence-corrected chi connectivity index (χ3v) is 35.9. The maximum absolute atomic E-state index is 16.0. The second-order valence-corrected chi connectivity index (χ2v) is 48.9. The van der Waals surface area contributed by atoms with Gasteiger partial charge >= 0.3 is 43.6 Å². The lowest BCUT2D eigenvalue weighted by Gasteiger charge is -2.33. The summed E-state index contributed by atoms with van der Waals surface area (Å²) in [5.74, 6) is -0.565. The minimum Gasteiger partial charge on any atom is -0.397 e. The lowest BCUT2D eigenvalue weighted by atomic mass is 10.0. The summed E-state index contributed by atoms with van der Waals surface area (Å²) in [7, 11) is -14.7. The first kappa shape index (κ1) is 95.5. The topological polar surface area (TPSA) is 829 Å². The molecule has 24 N–H and O–H groups in total. The van der Waals surface area contributed by atoms with Crippen LogP contribution in [-0.2, 0) is 127 Å². The van der Waals surface area contributed by atoms with Crippen molar-refractivity contribution in [1.82, 2.24) is 102 Å². The minimum atomic E-state index is -5.02. The standard InChI is InChI=1S/2C22H25N9O11P2S2.C21H24FN9O10P2S2/c2*23-8-1-2-25-16-10(8)26-6-30(16)19-14-15-22(40-19,4-37-14)5-39-44(36,45)41-13-12(32)9(3-38-43(34,35)42-15)46-20(13)31-7-27-11-17(31)28-21(24)29-18(11)33;22-10-14-8(39-19(10)30-5-26-11-7(23)1-2-25-16(11)30)3-38-43(36,44)41-15-13(32)9(4-37-42(34,35)40-14)45-20(15)31-6-27-12-17(31)28-21(24)29-18(12)33/h2*1-2,6-7,9,12-15,19-20,32H,3-5H2,(H2,23,25)(H,34,35)(H,36,45)(H3,24,28,29,33);1-2,5-6,8-10,13-15,19-20,32H,3-4H2,(H2,23,25)(H,34,35)(H,36,44)(H3,24,28,29,33)/t2*9-,12-,13-,14-,15+,19-,20-,22-,44?;8-,9-,10+,13-,14-,15-,19-,20-,43?/m111/s1. The van der Waals surface area contributed by atoms with Crippen molar-refractivity contribution in [3.05, 3.63) is 106 Å². The smallest absolute Gasteiger partial charge is 0.397 e. The van der Waals surface area contributed by atoms with Crippen molar-refractivity contribution in [2.45, 2.75) is 141 Å². The zero-order chi connectivity index (χ0) is 96.2. The summed E-state index contributed by atoms with van der Waals surface area (Å²) in [5.41, 5.74) is 33.3. The number of rotatable bonds is 6. The lowest BCUT2D eigenvalue weighted by Crippen LogP contribution is -2.45. The van der Waals surface area contributed by atoms with Crippen LogP contribution in [-0.4, -0.2) is 306 Å². The lowest BCUT2D eigenvalue weighted by molar-refractivity contribution is -0.183. The Balaban J connectivity index is 0.000000123. The number of pyridine rings is 3. The number of phosphoric ester groups is 3. The number of H-pyrrole nitrogens is 3. The minimum absolute atomic E-state index is 0.0334. The van der Waals surface area contributed by atoms with Gasteiger partial charge in [-0.1, -0.05) is 0 Å². The van der Waals surface area contributed by atoms with Gasteiger partial charge in [0.25, 0.3) is 16.7 Å². The molecule has 11 fully saturated rings. The number of ether oxygens (including phenoxy) is 5. The Kier molecular flexibility index (Phi) is 24.7. The quantitative estimate of drug-likeness (QED) is 0.0896. The van der Waals surface area contributed by atoms with E-state index in [1.807, 2.05) is 0 Å². The summed E-state index contributed by atoms with van der Waals surface area (Å²) in [4.78, 5) is 160. The number of nitrogen functional groups attached to an aromatic ring is 6. The van der Waals surface area contributed by atoms with Crippen molar-refractivity contribution >= 4 is 216 Å². The number of imidazole rings is 6. The van der Waals surface area contributed by atoms with Crippen LogP contribution in [0.15, 0.2) is 89.1 Å². The van der Waals surface area contributed by atoms with E-state index in [1.54, 1.807) is 21.3 Å². The average molecular weight is 2140 g/mol. The molecule has 72 heteroatoms. The largest absolute Gasteiger partial charge is 0.472 e. The fraction of sp³-hybridized carbons (Fsp3) is 0.492. The first-order valence-corrected chi connectivity index (χ1v) is 55.3. The van der Waals surface area contributed by atoms with E-state index in [-0.39, 0.29) is 81.4 Å². The van der Waals surface area contributed by atoms with Crippen LogP contribution in [0.1, 0.15) is 34.8 Å². The van der Waals surface area contributed by atoms with Gasteiger partial charge in [-0.25, -0.2) is 62.9 Å². The highest BCUT2D eigenvalue weighted by Crippen LogP contribution is 2.64. The SMILES string of the molecule is Nc1nc2c(ncn2[C@@H]2S[C@@H]3COP(=O)(O)O[C@H]4[C@H](F)[C@H](n5cnc6c(N)ccnc65)O[C@@H]4COP(O)(=S)O[C@@H]2[C@@H]3O)c(=O)[nH]1.Nc1nc2c(ncn2[C@@H]2S[C@@H]3COP(=O)(O)O[C@H]4[C@H]5OC[C@]4(COP(O)(=S)O[C@@H]2[C@@H]3O)O[C@H]5n2cnc3c(N)ccnc32)c(=O)[nH]1.Nc1nc2c(ncn2[C@@H]2S[C@@H]3COP(=O)(O)O[C@H]4[C@H]5OC[C@]4(COP(O)(=S)O[C@@H]2[C@@H]3O)O[C@H]5n2cnc3c(N)ccnc32)c(=O)[nH]1. The van der Waals surface area contributed by atoms with Gasteiger partial charge in [0.2, 0.25) is 17.8 Å². The molecule has 12 aromatic heterocycles. The molecule has 0 aromatic carbocycles. The first-order chi connectivity index (χ1) is 65.0. The second-order valence-electron chi connectivity index (χ2n) is 32.2. The molecule has 12 aromatic rings. The molecule has 0 amide bonds. The van der Waals surface area contributed by atoms with Gasteiger partial charge in [-0.05, 0) is 53.6 Å². The van der Waals surface area contributed by atoms with Crippen LogP contribution in [0.4, 0.5) is 39.3 Å². The normalized spacial score (nSPS) is 39.0. The van der Waals surface area contributed by atoms with Crippen LogP contribution in [0.2, 0.25) is 0 Å². The number of nitrogens with one attached hydrogen (secondary N) is 3. The van der Waals surface area contributed by atoms with Gasteiger partial charge in [-0.15, -0.1) is 35.3 Å². The van der Waals surface area contributed by atoms with E-state index in [0.29, 0.717) is 33.7 Å². The number of thioether (sulfide) groups is 3. The Morgan fingerprint density at radius 1 is 0.394 bits per heavy atom. The number of nitrogens with zero attached hydrogens (tertiary/aromatic N) is 18. The van der Waals surface area contributed by atoms with Crippen molar-refractivity contribution in [2.75, 3.05) is 87.3 Å². The molecule has 734 valence electrons. The summed E-state index contributed by atoms with van der Waals surface area (Å²) in [6.07, 6.45) is -9.04. The Morgan fingerprint density at radius 3 is 1.07 bits per heavy atom. The number of fused-ring (bicyclic) bond motifs is 13. The van der Waals surface area contributed by atoms with Crippen molar-refractivity contribution in [3.63, 3.8) is 0 Å². The van der Waals surface area contributed by atoms with Gasteiger partial charge in [0.1, 0.15) is 98.8 Å². The maximum Gasteiger partial charge on any atom is 0.472 e. The molecule has 11 aliphatic rings. The van der Waals surface area contributed by atoms with Gasteiger partial charge in [-0.3, -0.25) is 97.5 Å². The number of alkyl halides is 1. The van der Waals surface area contributed by atoms with E-state index in [2.05, 4.69) is 74.8 Å². The molecule has 0 spiro atoms. The molecule has 0 saturated carbocycles. The van der Waals surface area contributed by atoms with E-state index in [4.69, 9.17) is 148 Å². The number of aromatic amines is 3. The van der Waals surface area contributed by atoms with E-state index in [9.17, 15) is 72.8 Å². The molecule has 11 aliphatic heterocycles.